The summed E-state index contributed by atoms with van der Waals surface area (Å²) in [4.78, 5) is 17.7. The van der Waals surface area contributed by atoms with Crippen LogP contribution in [-0.2, 0) is 10.0 Å². The fourth-order valence-corrected chi connectivity index (χ4v) is 6.43. The summed E-state index contributed by atoms with van der Waals surface area (Å²) < 4.78 is 32.9. The molecular weight excluding hydrogens is 462 g/mol. The molecule has 0 atom stereocenters. The van der Waals surface area contributed by atoms with Crippen LogP contribution in [0.4, 0.5) is 5.69 Å². The van der Waals surface area contributed by atoms with Gasteiger partial charge in [0.15, 0.2) is 0 Å². The second-order valence-corrected chi connectivity index (χ2v) is 11.6. The summed E-state index contributed by atoms with van der Waals surface area (Å²) in [6, 6.07) is 13.3. The van der Waals surface area contributed by atoms with Crippen molar-refractivity contribution < 1.29 is 17.9 Å². The zero-order chi connectivity index (χ0) is 24.8. The zero-order valence-corrected chi connectivity index (χ0v) is 21.7. The van der Waals surface area contributed by atoms with Gasteiger partial charge in [-0.15, -0.1) is 0 Å². The first-order valence-corrected chi connectivity index (χ1v) is 14.1. The van der Waals surface area contributed by atoms with Crippen LogP contribution in [0.15, 0.2) is 53.4 Å². The third-order valence-electron chi connectivity index (χ3n) is 7.30. The van der Waals surface area contributed by atoms with Crippen molar-refractivity contribution in [2.24, 2.45) is 5.92 Å². The molecule has 0 unspecified atom stereocenters. The maximum atomic E-state index is 13.2. The van der Waals surface area contributed by atoms with E-state index in [0.29, 0.717) is 23.5 Å². The molecule has 4 rings (SSSR count). The summed E-state index contributed by atoms with van der Waals surface area (Å²) in [6.45, 7) is 4.53. The van der Waals surface area contributed by atoms with E-state index in [4.69, 9.17) is 4.74 Å². The molecule has 0 aromatic heterocycles. The molecule has 2 fully saturated rings. The fourth-order valence-electron chi connectivity index (χ4n) is 5.22. The highest BCUT2D eigenvalue weighted by molar-refractivity contribution is 7.92. The van der Waals surface area contributed by atoms with Gasteiger partial charge < -0.3 is 14.5 Å². The van der Waals surface area contributed by atoms with E-state index in [2.05, 4.69) is 4.90 Å². The lowest BCUT2D eigenvalue weighted by Gasteiger charge is -2.28. The number of sulfonamides is 1. The normalized spacial score (nSPS) is 18.2. The summed E-state index contributed by atoms with van der Waals surface area (Å²) >= 11 is 0. The van der Waals surface area contributed by atoms with Crippen LogP contribution in [0.1, 0.15) is 48.9 Å². The topological polar surface area (TPSA) is 70.2 Å². The van der Waals surface area contributed by atoms with Gasteiger partial charge in [0.1, 0.15) is 5.75 Å². The van der Waals surface area contributed by atoms with E-state index >= 15 is 0 Å². The first-order chi connectivity index (χ1) is 16.9. The molecule has 7 nitrogen and oxygen atoms in total. The second-order valence-electron chi connectivity index (χ2n) is 9.62. The van der Waals surface area contributed by atoms with Gasteiger partial charge in [-0.3, -0.25) is 9.10 Å². The molecule has 0 radical (unpaired) electrons. The molecule has 190 valence electrons. The van der Waals surface area contributed by atoms with Crippen molar-refractivity contribution in [1.82, 2.24) is 9.80 Å². The van der Waals surface area contributed by atoms with Gasteiger partial charge in [-0.1, -0.05) is 31.4 Å². The number of anilines is 1. The average molecular weight is 500 g/mol. The molecule has 1 saturated heterocycles. The number of amides is 1. The Morgan fingerprint density at radius 1 is 0.943 bits per heavy atom. The lowest BCUT2D eigenvalue weighted by atomic mass is 9.89. The Balaban J connectivity index is 1.40. The predicted octanol–water partition coefficient (Wildman–Crippen LogP) is 4.25. The van der Waals surface area contributed by atoms with Crippen LogP contribution < -0.4 is 9.04 Å². The van der Waals surface area contributed by atoms with Crippen molar-refractivity contribution in [1.29, 1.82) is 0 Å². The molecule has 2 aromatic carbocycles. The Morgan fingerprint density at radius 3 is 2.37 bits per heavy atom. The number of carbonyl (C=O) groups is 1. The molecule has 1 aliphatic carbocycles. The monoisotopic (exact) mass is 499 g/mol. The van der Waals surface area contributed by atoms with Gasteiger partial charge in [0, 0.05) is 38.8 Å². The Hall–Kier alpha value is -2.58. The molecule has 8 heteroatoms. The first kappa shape index (κ1) is 25.5. The van der Waals surface area contributed by atoms with Gasteiger partial charge in [-0.25, -0.2) is 8.42 Å². The van der Waals surface area contributed by atoms with E-state index in [1.54, 1.807) is 36.4 Å². The van der Waals surface area contributed by atoms with Gasteiger partial charge in [0.05, 0.1) is 17.7 Å². The molecule has 1 amide bonds. The molecule has 1 heterocycles. The Morgan fingerprint density at radius 2 is 1.66 bits per heavy atom. The number of hydrogen-bond acceptors (Lipinski definition) is 5. The first-order valence-electron chi connectivity index (χ1n) is 12.6. The average Bonchev–Trinajstić information content (AvgIpc) is 3.14. The maximum absolute atomic E-state index is 13.2. The van der Waals surface area contributed by atoms with Gasteiger partial charge in [0.2, 0.25) is 0 Å². The standard InChI is InChI=1S/C27H37N3O4S/c1-28(25-11-6-7-12-26(25)34-2)35(32,33)24-15-13-23(14-16-24)27(31)30-18-8-17-29(19-20-30)21-22-9-4-3-5-10-22/h6-7,11-16,22H,3-5,8-10,17-21H2,1-2H3. The highest BCUT2D eigenvalue weighted by Crippen LogP contribution is 2.31. The third-order valence-corrected chi connectivity index (χ3v) is 9.09. The van der Waals surface area contributed by atoms with Crippen molar-refractivity contribution >= 4 is 21.6 Å². The third kappa shape index (κ3) is 5.98. The van der Waals surface area contributed by atoms with Crippen LogP contribution in [0.3, 0.4) is 0 Å². The minimum Gasteiger partial charge on any atom is -0.495 e. The van der Waals surface area contributed by atoms with Gasteiger partial charge in [0.25, 0.3) is 15.9 Å². The summed E-state index contributed by atoms with van der Waals surface area (Å²) in [5.74, 6) is 1.24. The Bertz CT molecular complexity index is 1100. The number of benzene rings is 2. The molecule has 0 bridgehead atoms. The number of hydrogen-bond donors (Lipinski definition) is 0. The minimum atomic E-state index is -3.80. The van der Waals surface area contributed by atoms with Crippen LogP contribution in [0, 0.1) is 5.92 Å². The molecule has 0 N–H and O–H groups in total. The van der Waals surface area contributed by atoms with Crippen LogP contribution in [0.5, 0.6) is 5.75 Å². The number of para-hydroxylation sites is 2. The van der Waals surface area contributed by atoms with Crippen molar-refractivity contribution in [2.75, 3.05) is 51.2 Å². The summed E-state index contributed by atoms with van der Waals surface area (Å²) in [5.41, 5.74) is 0.974. The number of methoxy groups -OCH3 is 1. The van der Waals surface area contributed by atoms with Gasteiger partial charge >= 0.3 is 0 Å². The van der Waals surface area contributed by atoms with Crippen molar-refractivity contribution in [3.05, 3.63) is 54.1 Å². The molecule has 2 aliphatic rings. The van der Waals surface area contributed by atoms with E-state index in [-0.39, 0.29) is 10.8 Å². The maximum Gasteiger partial charge on any atom is 0.264 e. The second kappa shape index (κ2) is 11.4. The van der Waals surface area contributed by atoms with Crippen LogP contribution in [0.2, 0.25) is 0 Å². The van der Waals surface area contributed by atoms with Crippen molar-refractivity contribution in [3.8, 4) is 5.75 Å². The highest BCUT2D eigenvalue weighted by Gasteiger charge is 2.26. The minimum absolute atomic E-state index is 0.0356. The SMILES string of the molecule is COc1ccccc1N(C)S(=O)(=O)c1ccc(C(=O)N2CCCN(CC3CCCCC3)CC2)cc1. The fraction of sp³-hybridized carbons (Fsp3) is 0.519. The molecule has 1 saturated carbocycles. The molecule has 1 aliphatic heterocycles. The molecule has 2 aromatic rings. The lowest BCUT2D eigenvalue weighted by molar-refractivity contribution is 0.0760. The summed E-state index contributed by atoms with van der Waals surface area (Å²) in [5, 5.41) is 0. The van der Waals surface area contributed by atoms with Crippen LogP contribution in [0.25, 0.3) is 0 Å². The number of rotatable bonds is 7. The Labute approximate surface area is 209 Å². The number of nitrogens with zero attached hydrogens (tertiary/aromatic N) is 3. The largest absolute Gasteiger partial charge is 0.495 e. The van der Waals surface area contributed by atoms with E-state index in [1.165, 1.54) is 62.7 Å². The van der Waals surface area contributed by atoms with Crippen molar-refractivity contribution in [3.63, 3.8) is 0 Å². The Kier molecular flexibility index (Phi) is 8.34. The van der Waals surface area contributed by atoms with Gasteiger partial charge in [-0.05, 0) is 68.1 Å². The zero-order valence-electron chi connectivity index (χ0n) is 20.9. The van der Waals surface area contributed by atoms with Crippen molar-refractivity contribution in [2.45, 2.75) is 43.4 Å². The lowest BCUT2D eigenvalue weighted by Crippen LogP contribution is -2.37. The van der Waals surface area contributed by atoms with E-state index in [1.807, 2.05) is 4.90 Å². The summed E-state index contributed by atoms with van der Waals surface area (Å²) in [6.07, 6.45) is 7.71. The van der Waals surface area contributed by atoms with Crippen LogP contribution in [-0.4, -0.2) is 71.0 Å². The number of ether oxygens (including phenoxy) is 1. The number of carbonyl (C=O) groups excluding carboxylic acids is 1. The highest BCUT2D eigenvalue weighted by atomic mass is 32.2. The molecular formula is C27H37N3O4S. The summed E-state index contributed by atoms with van der Waals surface area (Å²) in [7, 11) is -0.783. The molecule has 0 spiro atoms. The van der Waals surface area contributed by atoms with E-state index < -0.39 is 10.0 Å². The van der Waals surface area contributed by atoms with E-state index in [0.717, 1.165) is 38.5 Å². The quantitative estimate of drug-likeness (QED) is 0.570. The predicted molar refractivity (Wildman–Crippen MR) is 139 cm³/mol. The van der Waals surface area contributed by atoms with Crippen LogP contribution >= 0.6 is 0 Å². The smallest absolute Gasteiger partial charge is 0.264 e. The van der Waals surface area contributed by atoms with E-state index in [9.17, 15) is 13.2 Å². The van der Waals surface area contributed by atoms with Gasteiger partial charge in [-0.2, -0.15) is 0 Å². The molecule has 35 heavy (non-hydrogen) atoms.